The molecule has 0 atom stereocenters. The second kappa shape index (κ2) is 5.54. The van der Waals surface area contributed by atoms with Gasteiger partial charge in [-0.2, -0.15) is 5.10 Å². The van der Waals surface area contributed by atoms with Crippen molar-refractivity contribution in [1.82, 2.24) is 24.3 Å². The molecular formula is C15H13N5O2S. The van der Waals surface area contributed by atoms with E-state index in [0.717, 1.165) is 21.6 Å². The summed E-state index contributed by atoms with van der Waals surface area (Å²) in [5.41, 5.74) is 2.22. The van der Waals surface area contributed by atoms with Crippen LogP contribution < -0.4 is 5.76 Å². The monoisotopic (exact) mass is 327 g/mol. The smallest absolute Gasteiger partial charge is 0.408 e. The Morgan fingerprint density at radius 2 is 2.13 bits per heavy atom. The predicted molar refractivity (Wildman–Crippen MR) is 87.5 cm³/mol. The molecule has 3 aromatic heterocycles. The number of aryl methyl sites for hydroxylation is 2. The summed E-state index contributed by atoms with van der Waals surface area (Å²) < 4.78 is 8.59. The Kier molecular flexibility index (Phi) is 3.38. The van der Waals surface area contributed by atoms with Crippen LogP contribution in [0.5, 0.6) is 0 Å². The fourth-order valence-corrected chi connectivity index (χ4v) is 3.40. The zero-order valence-electron chi connectivity index (χ0n) is 12.3. The highest BCUT2D eigenvalue weighted by Crippen LogP contribution is 2.24. The molecule has 0 aliphatic heterocycles. The minimum absolute atomic E-state index is 0.332. The van der Waals surface area contributed by atoms with Crippen LogP contribution in [-0.2, 0) is 13.6 Å². The van der Waals surface area contributed by atoms with Gasteiger partial charge in [0.15, 0.2) is 11.2 Å². The summed E-state index contributed by atoms with van der Waals surface area (Å²) in [6.07, 6.45) is 3.29. The summed E-state index contributed by atoms with van der Waals surface area (Å²) >= 11 is 1.57. The Balaban J connectivity index is 1.57. The maximum absolute atomic E-state index is 11.9. The van der Waals surface area contributed by atoms with E-state index in [1.165, 1.54) is 6.33 Å². The number of fused-ring (bicyclic) bond motifs is 2. The van der Waals surface area contributed by atoms with E-state index in [9.17, 15) is 4.79 Å². The number of rotatable bonds is 4. The Hall–Kier alpha value is -2.61. The molecule has 0 N–H and O–H groups in total. The van der Waals surface area contributed by atoms with Crippen molar-refractivity contribution in [2.75, 3.05) is 5.75 Å². The number of para-hydroxylation sites is 2. The zero-order valence-corrected chi connectivity index (χ0v) is 13.2. The summed E-state index contributed by atoms with van der Waals surface area (Å²) in [7, 11) is 1.85. The van der Waals surface area contributed by atoms with Gasteiger partial charge in [0.05, 0.1) is 17.1 Å². The first kappa shape index (κ1) is 14.0. The summed E-state index contributed by atoms with van der Waals surface area (Å²) in [6.45, 7) is 0.548. The van der Waals surface area contributed by atoms with Crippen molar-refractivity contribution >= 4 is 33.9 Å². The van der Waals surface area contributed by atoms with E-state index in [-0.39, 0.29) is 5.76 Å². The van der Waals surface area contributed by atoms with Crippen LogP contribution in [-0.4, -0.2) is 30.1 Å². The van der Waals surface area contributed by atoms with Gasteiger partial charge in [0.1, 0.15) is 11.4 Å². The third-order valence-corrected chi connectivity index (χ3v) is 4.61. The van der Waals surface area contributed by atoms with Crippen molar-refractivity contribution in [2.24, 2.45) is 7.05 Å². The van der Waals surface area contributed by atoms with E-state index >= 15 is 0 Å². The Morgan fingerprint density at radius 1 is 1.26 bits per heavy atom. The molecule has 23 heavy (non-hydrogen) atoms. The van der Waals surface area contributed by atoms with Gasteiger partial charge in [0.25, 0.3) is 0 Å². The van der Waals surface area contributed by atoms with Gasteiger partial charge in [-0.1, -0.05) is 12.1 Å². The standard InChI is InChI=1S/C15H13N5O2S/c1-19-13-10(8-18-19)14(17-9-16-13)23-7-6-20-11-4-2-3-5-12(11)22-15(20)21/h2-5,8-9H,6-7H2,1H3. The molecule has 0 saturated heterocycles. The first-order valence-corrected chi connectivity index (χ1v) is 8.06. The molecule has 0 aliphatic rings. The SMILES string of the molecule is Cn1ncc2c(SCCn3c(=O)oc4ccccc43)ncnc21. The molecule has 0 saturated carbocycles. The molecule has 1 aromatic carbocycles. The van der Waals surface area contributed by atoms with Crippen molar-refractivity contribution < 1.29 is 4.42 Å². The quantitative estimate of drug-likeness (QED) is 0.422. The Labute approximate surface area is 135 Å². The molecule has 3 heterocycles. The molecule has 8 heteroatoms. The van der Waals surface area contributed by atoms with Gasteiger partial charge in [0, 0.05) is 19.3 Å². The van der Waals surface area contributed by atoms with E-state index in [1.54, 1.807) is 33.3 Å². The molecular weight excluding hydrogens is 314 g/mol. The van der Waals surface area contributed by atoms with Crippen LogP contribution in [0.25, 0.3) is 22.1 Å². The molecule has 0 fully saturated rings. The minimum Gasteiger partial charge on any atom is -0.408 e. The van der Waals surface area contributed by atoms with Crippen molar-refractivity contribution in [3.8, 4) is 0 Å². The molecule has 0 spiro atoms. The van der Waals surface area contributed by atoms with Crippen molar-refractivity contribution in [3.05, 3.63) is 47.3 Å². The first-order chi connectivity index (χ1) is 11.2. The van der Waals surface area contributed by atoms with Crippen LogP contribution in [0.15, 0.2) is 51.0 Å². The largest absolute Gasteiger partial charge is 0.419 e. The van der Waals surface area contributed by atoms with Gasteiger partial charge in [0.2, 0.25) is 0 Å². The molecule has 116 valence electrons. The van der Waals surface area contributed by atoms with Gasteiger partial charge >= 0.3 is 5.76 Å². The highest BCUT2D eigenvalue weighted by atomic mass is 32.2. The second-order valence-electron chi connectivity index (χ2n) is 5.02. The fraction of sp³-hybridized carbons (Fsp3) is 0.200. The summed E-state index contributed by atoms with van der Waals surface area (Å²) in [6, 6.07) is 7.42. The van der Waals surface area contributed by atoms with Crippen LogP contribution >= 0.6 is 11.8 Å². The van der Waals surface area contributed by atoms with Gasteiger partial charge in [-0.25, -0.2) is 14.8 Å². The van der Waals surface area contributed by atoms with Gasteiger partial charge in [-0.3, -0.25) is 9.25 Å². The van der Waals surface area contributed by atoms with Crippen molar-refractivity contribution in [1.29, 1.82) is 0 Å². The molecule has 0 aliphatic carbocycles. The normalized spacial score (nSPS) is 11.5. The lowest BCUT2D eigenvalue weighted by Gasteiger charge is -2.03. The lowest BCUT2D eigenvalue weighted by Crippen LogP contribution is -2.15. The Morgan fingerprint density at radius 3 is 3.04 bits per heavy atom. The van der Waals surface area contributed by atoms with Gasteiger partial charge in [-0.15, -0.1) is 11.8 Å². The number of aromatic nitrogens is 5. The van der Waals surface area contributed by atoms with E-state index in [2.05, 4.69) is 15.1 Å². The first-order valence-electron chi connectivity index (χ1n) is 7.08. The average molecular weight is 327 g/mol. The van der Waals surface area contributed by atoms with E-state index in [0.29, 0.717) is 17.9 Å². The molecule has 0 radical (unpaired) electrons. The number of nitrogens with zero attached hydrogens (tertiary/aromatic N) is 5. The summed E-state index contributed by atoms with van der Waals surface area (Å²) in [5, 5.41) is 5.99. The molecule has 0 amide bonds. The third kappa shape index (κ3) is 2.40. The topological polar surface area (TPSA) is 78.7 Å². The lowest BCUT2D eigenvalue weighted by atomic mass is 10.3. The highest BCUT2D eigenvalue weighted by molar-refractivity contribution is 7.99. The van der Waals surface area contributed by atoms with Crippen LogP contribution in [0.2, 0.25) is 0 Å². The van der Waals surface area contributed by atoms with Gasteiger partial charge < -0.3 is 4.42 Å². The number of hydrogen-bond donors (Lipinski definition) is 0. The molecule has 0 unspecified atom stereocenters. The highest BCUT2D eigenvalue weighted by Gasteiger charge is 2.11. The third-order valence-electron chi connectivity index (χ3n) is 3.62. The minimum atomic E-state index is -0.332. The Bertz CT molecular complexity index is 1050. The zero-order chi connectivity index (χ0) is 15.8. The fourth-order valence-electron chi connectivity index (χ4n) is 2.51. The van der Waals surface area contributed by atoms with Crippen LogP contribution in [0.1, 0.15) is 0 Å². The summed E-state index contributed by atoms with van der Waals surface area (Å²) in [4.78, 5) is 20.5. The van der Waals surface area contributed by atoms with E-state index < -0.39 is 0 Å². The van der Waals surface area contributed by atoms with E-state index in [4.69, 9.17) is 4.42 Å². The van der Waals surface area contributed by atoms with Crippen LogP contribution in [0.3, 0.4) is 0 Å². The van der Waals surface area contributed by atoms with Crippen LogP contribution in [0, 0.1) is 0 Å². The number of oxazole rings is 1. The number of benzene rings is 1. The van der Waals surface area contributed by atoms with E-state index in [1.807, 2.05) is 25.2 Å². The average Bonchev–Trinajstić information content (AvgIpc) is 3.09. The molecule has 4 rings (SSSR count). The maximum Gasteiger partial charge on any atom is 0.419 e. The number of thioether (sulfide) groups is 1. The predicted octanol–water partition coefficient (Wildman–Crippen LogP) is 2.06. The van der Waals surface area contributed by atoms with Gasteiger partial charge in [-0.05, 0) is 12.1 Å². The maximum atomic E-state index is 11.9. The van der Waals surface area contributed by atoms with Crippen LogP contribution in [0.4, 0.5) is 0 Å². The van der Waals surface area contributed by atoms with Crippen molar-refractivity contribution in [3.63, 3.8) is 0 Å². The van der Waals surface area contributed by atoms with Crippen molar-refractivity contribution in [2.45, 2.75) is 11.6 Å². The lowest BCUT2D eigenvalue weighted by molar-refractivity contribution is 0.514. The molecule has 4 aromatic rings. The molecule has 0 bridgehead atoms. The molecule has 7 nitrogen and oxygen atoms in total. The summed E-state index contributed by atoms with van der Waals surface area (Å²) in [5.74, 6) is 0.366. The second-order valence-corrected chi connectivity index (χ2v) is 6.10. The number of hydrogen-bond acceptors (Lipinski definition) is 6.